The van der Waals surface area contributed by atoms with Gasteiger partial charge in [0.05, 0.1) is 38.3 Å². The van der Waals surface area contributed by atoms with Gasteiger partial charge in [0.25, 0.3) is 5.91 Å². The molecule has 0 fully saturated rings. The molecule has 2 aromatic carbocycles. The Morgan fingerprint density at radius 3 is 2.10 bits per heavy atom. The highest BCUT2D eigenvalue weighted by molar-refractivity contribution is 7.84. The molecule has 0 radical (unpaired) electrons. The minimum atomic E-state index is -5.03. The third-order valence-electron chi connectivity index (χ3n) is 5.13. The average molecular weight is 638 g/mol. The van der Waals surface area contributed by atoms with Gasteiger partial charge in [0, 0.05) is 29.2 Å². The lowest BCUT2D eigenvalue weighted by atomic mass is 9.96. The highest BCUT2D eigenvalue weighted by atomic mass is 35.5. The number of hydrogen-bond acceptors (Lipinski definition) is 3. The van der Waals surface area contributed by atoms with Crippen molar-refractivity contribution in [2.75, 3.05) is 12.0 Å². The zero-order chi connectivity index (χ0) is 29.7. The summed E-state index contributed by atoms with van der Waals surface area (Å²) in [6, 6.07) is 4.28. The van der Waals surface area contributed by atoms with Crippen LogP contribution >= 0.6 is 34.8 Å². The second kappa shape index (κ2) is 13.4. The molecule has 0 saturated carbocycles. The Hall–Kier alpha value is -2.28. The highest BCUT2D eigenvalue weighted by Crippen LogP contribution is 2.41. The number of nitrogens with one attached hydrogen (secondary N) is 2. The van der Waals surface area contributed by atoms with E-state index in [-0.39, 0.29) is 38.4 Å². The Labute approximate surface area is 237 Å². The molecule has 0 spiro atoms. The van der Waals surface area contributed by atoms with Crippen molar-refractivity contribution in [3.8, 4) is 0 Å². The summed E-state index contributed by atoms with van der Waals surface area (Å²) in [7, 11) is -1.24. The zero-order valence-electron chi connectivity index (χ0n) is 20.1. The van der Waals surface area contributed by atoms with Gasteiger partial charge in [0.1, 0.15) is 0 Å². The van der Waals surface area contributed by atoms with Crippen molar-refractivity contribution in [1.82, 2.24) is 10.6 Å². The number of alkyl halides is 6. The molecule has 0 aliphatic heterocycles. The summed E-state index contributed by atoms with van der Waals surface area (Å²) < 4.78 is 93.7. The fraction of sp³-hybridized carbons (Fsp3) is 0.333. The van der Waals surface area contributed by atoms with Crippen LogP contribution in [0.4, 0.5) is 26.3 Å². The van der Waals surface area contributed by atoms with E-state index in [0.717, 1.165) is 30.3 Å². The van der Waals surface area contributed by atoms with Crippen molar-refractivity contribution in [3.63, 3.8) is 0 Å². The van der Waals surface area contributed by atoms with Crippen LogP contribution in [0.15, 0.2) is 36.4 Å². The maximum absolute atomic E-state index is 13.8. The minimum Gasteiger partial charge on any atom is -0.336 e. The van der Waals surface area contributed by atoms with Gasteiger partial charge in [0.2, 0.25) is 5.91 Å². The van der Waals surface area contributed by atoms with E-state index in [2.05, 4.69) is 10.6 Å². The second-order valence-electron chi connectivity index (χ2n) is 8.27. The van der Waals surface area contributed by atoms with Gasteiger partial charge in [0.15, 0.2) is 0 Å². The van der Waals surface area contributed by atoms with Crippen molar-refractivity contribution in [2.24, 2.45) is 0 Å². The van der Waals surface area contributed by atoms with E-state index in [9.17, 15) is 40.1 Å². The summed E-state index contributed by atoms with van der Waals surface area (Å²) in [6.07, 6.45) is -8.22. The fourth-order valence-corrected chi connectivity index (χ4v) is 4.42. The molecule has 0 aliphatic rings. The number of carbonyl (C=O) groups excluding carboxylic acids is 2. The number of rotatable bonds is 9. The third kappa shape index (κ3) is 9.70. The van der Waals surface area contributed by atoms with E-state index < -0.39 is 58.2 Å². The van der Waals surface area contributed by atoms with E-state index in [1.807, 2.05) is 0 Å². The van der Waals surface area contributed by atoms with Gasteiger partial charge in [-0.15, -0.1) is 0 Å². The minimum absolute atomic E-state index is 0.0625. The van der Waals surface area contributed by atoms with Crippen LogP contribution in [0.25, 0.3) is 6.08 Å². The normalized spacial score (nSPS) is 14.6. The first-order valence-corrected chi connectivity index (χ1v) is 13.8. The number of amides is 2. The molecule has 0 aliphatic carbocycles. The molecular formula is C24H21Cl3F6N2O3S. The lowest BCUT2D eigenvalue weighted by Gasteiger charge is -2.19. The Bertz CT molecular complexity index is 1260. The summed E-state index contributed by atoms with van der Waals surface area (Å²) in [5, 5.41) is 3.93. The van der Waals surface area contributed by atoms with Crippen LogP contribution in [-0.2, 0) is 21.8 Å². The number of benzene rings is 2. The van der Waals surface area contributed by atoms with Crippen LogP contribution < -0.4 is 10.6 Å². The lowest BCUT2D eigenvalue weighted by Crippen LogP contribution is -2.46. The van der Waals surface area contributed by atoms with Gasteiger partial charge >= 0.3 is 12.4 Å². The molecule has 3 atom stereocenters. The van der Waals surface area contributed by atoms with Gasteiger partial charge in [-0.05, 0) is 42.3 Å². The van der Waals surface area contributed by atoms with E-state index in [1.165, 1.54) is 13.2 Å². The Morgan fingerprint density at radius 2 is 1.59 bits per heavy atom. The Kier molecular flexibility index (Phi) is 11.3. The average Bonchev–Trinajstić information content (AvgIpc) is 2.79. The van der Waals surface area contributed by atoms with Crippen molar-refractivity contribution in [2.45, 2.75) is 37.8 Å². The molecule has 0 heterocycles. The van der Waals surface area contributed by atoms with E-state index in [1.54, 1.807) is 0 Å². The van der Waals surface area contributed by atoms with Crippen LogP contribution in [0.3, 0.4) is 0 Å². The van der Waals surface area contributed by atoms with Crippen molar-refractivity contribution in [1.29, 1.82) is 0 Å². The van der Waals surface area contributed by atoms with Gasteiger partial charge in [-0.3, -0.25) is 13.8 Å². The molecule has 15 heteroatoms. The molecule has 0 aromatic heterocycles. The first-order valence-electron chi connectivity index (χ1n) is 10.9. The smallest absolute Gasteiger partial charge is 0.336 e. The molecule has 214 valence electrons. The Morgan fingerprint density at radius 1 is 1.00 bits per heavy atom. The molecule has 2 N–H and O–H groups in total. The van der Waals surface area contributed by atoms with Crippen LogP contribution in [-0.4, -0.2) is 40.4 Å². The van der Waals surface area contributed by atoms with Crippen molar-refractivity contribution < 1.29 is 40.1 Å². The Balaban J connectivity index is 2.34. The standard InChI is InChI=1S/C24H21Cl3F6N2O3S/c1-12(34-20(36)7-8-39(2)38)35-22(37)15-5-3-13(9-17(15)24(31,32)33)4-6-16(23(28,29)30)14-10-18(25)21(27)19(26)11-14/h3-6,9-12,16H,7-8H2,1-2H3,(H,34,36)(H,35,37)/t12-,16?,39?/m1/s1. The SMILES string of the molecule is C[C@H](NC(=O)CCS(C)=O)NC(=O)c1ccc(C=CC(c2cc(Cl)c(Cl)c(Cl)c2)C(F)(F)F)cc1C(F)(F)F. The summed E-state index contributed by atoms with van der Waals surface area (Å²) >= 11 is 17.5. The quantitative estimate of drug-likeness (QED) is 0.177. The molecule has 2 unspecified atom stereocenters. The molecule has 0 saturated heterocycles. The van der Waals surface area contributed by atoms with Crippen molar-refractivity contribution >= 4 is 63.5 Å². The zero-order valence-corrected chi connectivity index (χ0v) is 23.2. The first-order chi connectivity index (χ1) is 17.9. The predicted molar refractivity (Wildman–Crippen MR) is 139 cm³/mol. The van der Waals surface area contributed by atoms with Gasteiger partial charge in [-0.25, -0.2) is 0 Å². The van der Waals surface area contributed by atoms with Gasteiger partial charge in [-0.2, -0.15) is 26.3 Å². The van der Waals surface area contributed by atoms with Crippen LogP contribution in [0, 0.1) is 0 Å². The van der Waals surface area contributed by atoms with E-state index in [4.69, 9.17) is 34.8 Å². The number of hydrogen-bond donors (Lipinski definition) is 2. The number of allylic oxidation sites excluding steroid dienone is 1. The lowest BCUT2D eigenvalue weighted by molar-refractivity contribution is -0.139. The summed E-state index contributed by atoms with van der Waals surface area (Å²) in [5.41, 5.74) is -2.86. The van der Waals surface area contributed by atoms with Gasteiger partial charge < -0.3 is 10.6 Å². The topological polar surface area (TPSA) is 75.3 Å². The molecule has 0 bridgehead atoms. The van der Waals surface area contributed by atoms with Crippen LogP contribution in [0.5, 0.6) is 0 Å². The maximum Gasteiger partial charge on any atom is 0.417 e. The van der Waals surface area contributed by atoms with Crippen LogP contribution in [0.1, 0.15) is 46.3 Å². The monoisotopic (exact) mass is 636 g/mol. The number of halogens is 9. The molecule has 2 amide bonds. The summed E-state index contributed by atoms with van der Waals surface area (Å²) in [4.78, 5) is 24.4. The maximum atomic E-state index is 13.8. The second-order valence-corrected chi connectivity index (χ2v) is 11.0. The third-order valence-corrected chi connectivity index (χ3v) is 7.11. The van der Waals surface area contributed by atoms with Crippen molar-refractivity contribution in [3.05, 3.63) is 73.7 Å². The molecule has 2 rings (SSSR count). The predicted octanol–water partition coefficient (Wildman–Crippen LogP) is 6.99. The largest absolute Gasteiger partial charge is 0.417 e. The molecule has 2 aromatic rings. The summed E-state index contributed by atoms with van der Waals surface area (Å²) in [6.45, 7) is 1.32. The number of carbonyl (C=O) groups is 2. The van der Waals surface area contributed by atoms with Crippen LogP contribution in [0.2, 0.25) is 15.1 Å². The molecular weight excluding hydrogens is 617 g/mol. The van der Waals surface area contributed by atoms with Gasteiger partial charge in [-0.1, -0.05) is 53.0 Å². The fourth-order valence-electron chi connectivity index (χ4n) is 3.33. The molecule has 5 nitrogen and oxygen atoms in total. The first kappa shape index (κ1) is 32.9. The van der Waals surface area contributed by atoms with E-state index in [0.29, 0.717) is 12.1 Å². The van der Waals surface area contributed by atoms with E-state index >= 15 is 0 Å². The molecule has 39 heavy (non-hydrogen) atoms. The highest BCUT2D eigenvalue weighted by Gasteiger charge is 2.40. The summed E-state index contributed by atoms with van der Waals surface area (Å²) in [5.74, 6) is -3.97.